The molecule has 0 amide bonds. The smallest absolute Gasteiger partial charge is 0.267 e. The van der Waals surface area contributed by atoms with E-state index in [1.807, 2.05) is 0 Å². The molecule has 8 nitrogen and oxygen atoms in total. The molecule has 0 spiro atoms. The average molecular weight is 398 g/mol. The van der Waals surface area contributed by atoms with Gasteiger partial charge in [0.25, 0.3) is 22.2 Å². The van der Waals surface area contributed by atoms with Crippen molar-refractivity contribution in [3.8, 4) is 11.6 Å². The molecule has 0 aliphatic carbocycles. The van der Waals surface area contributed by atoms with Gasteiger partial charge in [-0.05, 0) is 49.2 Å². The number of nitrogens with zero attached hydrogens (tertiary/aromatic N) is 4. The van der Waals surface area contributed by atoms with Crippen LogP contribution in [-0.2, 0) is 0 Å². The van der Waals surface area contributed by atoms with Crippen molar-refractivity contribution in [1.82, 2.24) is 19.1 Å². The quantitative estimate of drug-likeness (QED) is 0.444. The number of benzene rings is 1. The molecule has 5 rings (SSSR count). The van der Waals surface area contributed by atoms with Crippen molar-refractivity contribution < 1.29 is 0 Å². The summed E-state index contributed by atoms with van der Waals surface area (Å²) in [5.41, 5.74) is -0.994. The number of rotatable bonds is 2. The zero-order valence-electron chi connectivity index (χ0n) is 16.0. The number of hydrogen-bond donors (Lipinski definition) is 0. The molecule has 0 fully saturated rings. The molecule has 4 aromatic heterocycles. The molecule has 5 aromatic rings. The first kappa shape index (κ1) is 17.9. The second-order valence-corrected chi connectivity index (χ2v) is 7.12. The molecule has 0 saturated carbocycles. The van der Waals surface area contributed by atoms with Crippen LogP contribution in [0.25, 0.3) is 33.2 Å². The molecule has 0 atom stereocenters. The number of aromatic nitrogens is 4. The van der Waals surface area contributed by atoms with Gasteiger partial charge in [0.1, 0.15) is 11.6 Å². The maximum Gasteiger partial charge on any atom is 0.267 e. The van der Waals surface area contributed by atoms with Crippen LogP contribution in [0.15, 0.2) is 68.0 Å². The van der Waals surface area contributed by atoms with Crippen molar-refractivity contribution in [3.05, 3.63) is 101 Å². The Labute approximate surface area is 168 Å². The molecule has 146 valence electrons. The van der Waals surface area contributed by atoms with Gasteiger partial charge < -0.3 is 0 Å². The maximum absolute atomic E-state index is 13.0. The van der Waals surface area contributed by atoms with Crippen molar-refractivity contribution >= 4 is 21.5 Å². The SMILES string of the molecule is Cc1cccnc1-n1c(=O)c2cc3c(=O)n(-c4ncccc4C)c(=O)c3cc2c1=O. The van der Waals surface area contributed by atoms with Gasteiger partial charge in [-0.3, -0.25) is 19.2 Å². The maximum atomic E-state index is 13.0. The van der Waals surface area contributed by atoms with Crippen LogP contribution in [0.3, 0.4) is 0 Å². The Balaban J connectivity index is 1.89. The van der Waals surface area contributed by atoms with Crippen molar-refractivity contribution in [2.45, 2.75) is 13.8 Å². The van der Waals surface area contributed by atoms with E-state index >= 15 is 0 Å². The van der Waals surface area contributed by atoms with Crippen LogP contribution >= 0.6 is 0 Å². The van der Waals surface area contributed by atoms with Gasteiger partial charge in [-0.1, -0.05) is 12.1 Å². The summed E-state index contributed by atoms with van der Waals surface area (Å²) in [6, 6.07) is 9.54. The first-order valence-electron chi connectivity index (χ1n) is 9.19. The fourth-order valence-electron chi connectivity index (χ4n) is 3.78. The summed E-state index contributed by atoms with van der Waals surface area (Å²) in [6.07, 6.45) is 2.98. The third-order valence-corrected chi connectivity index (χ3v) is 5.28. The van der Waals surface area contributed by atoms with Gasteiger partial charge in [-0.2, -0.15) is 0 Å². The van der Waals surface area contributed by atoms with E-state index in [2.05, 4.69) is 9.97 Å². The highest BCUT2D eigenvalue weighted by molar-refractivity contribution is 5.98. The zero-order chi connectivity index (χ0) is 21.2. The third-order valence-electron chi connectivity index (χ3n) is 5.28. The first-order valence-corrected chi connectivity index (χ1v) is 9.19. The second kappa shape index (κ2) is 6.15. The zero-order valence-corrected chi connectivity index (χ0v) is 16.0. The predicted molar refractivity (Wildman–Crippen MR) is 113 cm³/mol. The van der Waals surface area contributed by atoms with E-state index in [9.17, 15) is 19.2 Å². The Morgan fingerprint density at radius 1 is 0.600 bits per heavy atom. The largest absolute Gasteiger partial charge is 0.268 e. The first-order chi connectivity index (χ1) is 14.4. The minimum Gasteiger partial charge on any atom is -0.268 e. The van der Waals surface area contributed by atoms with Gasteiger partial charge >= 0.3 is 0 Å². The Kier molecular flexibility index (Phi) is 3.66. The van der Waals surface area contributed by atoms with Crippen molar-refractivity contribution in [1.29, 1.82) is 0 Å². The lowest BCUT2D eigenvalue weighted by molar-refractivity contribution is 0.923. The van der Waals surface area contributed by atoms with E-state index < -0.39 is 22.2 Å². The number of aryl methyl sites for hydroxylation is 2. The molecule has 0 radical (unpaired) electrons. The molecule has 0 unspecified atom stereocenters. The van der Waals surface area contributed by atoms with Gasteiger partial charge in [0.2, 0.25) is 0 Å². The van der Waals surface area contributed by atoms with Gasteiger partial charge in [0.05, 0.1) is 21.5 Å². The van der Waals surface area contributed by atoms with E-state index in [-0.39, 0.29) is 33.2 Å². The fraction of sp³-hybridized carbons (Fsp3) is 0.0909. The lowest BCUT2D eigenvalue weighted by Crippen LogP contribution is -2.25. The van der Waals surface area contributed by atoms with E-state index in [0.717, 1.165) is 9.13 Å². The highest BCUT2D eigenvalue weighted by atomic mass is 16.2. The molecule has 0 aliphatic heterocycles. The minimum atomic E-state index is -0.577. The summed E-state index contributed by atoms with van der Waals surface area (Å²) in [5.74, 6) is 0.458. The molecule has 0 bridgehead atoms. The number of hydrogen-bond acceptors (Lipinski definition) is 6. The molecule has 8 heteroatoms. The van der Waals surface area contributed by atoms with Crippen LogP contribution in [0.2, 0.25) is 0 Å². The Hall–Kier alpha value is -4.20. The van der Waals surface area contributed by atoms with Crippen molar-refractivity contribution in [2.24, 2.45) is 0 Å². The summed E-state index contributed by atoms with van der Waals surface area (Å²) in [7, 11) is 0. The molecule has 0 N–H and O–H groups in total. The van der Waals surface area contributed by atoms with Gasteiger partial charge in [-0.15, -0.1) is 0 Å². The Bertz CT molecular complexity index is 1500. The summed E-state index contributed by atoms with van der Waals surface area (Å²) in [5, 5.41) is 0.295. The van der Waals surface area contributed by atoms with E-state index in [1.165, 1.54) is 24.5 Å². The molecule has 1 aromatic carbocycles. The van der Waals surface area contributed by atoms with Crippen LogP contribution in [-0.4, -0.2) is 19.1 Å². The van der Waals surface area contributed by atoms with Crippen molar-refractivity contribution in [3.63, 3.8) is 0 Å². The monoisotopic (exact) mass is 398 g/mol. The van der Waals surface area contributed by atoms with Crippen LogP contribution in [0, 0.1) is 13.8 Å². The molecule has 0 aliphatic rings. The molecular formula is C22H14N4O4. The summed E-state index contributed by atoms with van der Waals surface area (Å²) >= 11 is 0. The molecule has 30 heavy (non-hydrogen) atoms. The topological polar surface area (TPSA) is 104 Å². The van der Waals surface area contributed by atoms with E-state index in [4.69, 9.17) is 0 Å². The predicted octanol–water partition coefficient (Wildman–Crippen LogP) is 1.30. The van der Waals surface area contributed by atoms with E-state index in [0.29, 0.717) is 11.1 Å². The Morgan fingerprint density at radius 3 is 1.23 bits per heavy atom. The molecular weight excluding hydrogens is 384 g/mol. The summed E-state index contributed by atoms with van der Waals surface area (Å²) in [4.78, 5) is 60.3. The lowest BCUT2D eigenvalue weighted by atomic mass is 10.1. The standard InChI is InChI=1S/C22H14N4O4/c1-11-5-3-7-23-17(11)25-19(27)13-9-15-16(10-14(13)20(25)28)22(30)26(21(15)29)18-12(2)6-4-8-24-18/h3-10H,1-2H3. The summed E-state index contributed by atoms with van der Waals surface area (Å²) in [6.45, 7) is 3.48. The van der Waals surface area contributed by atoms with E-state index in [1.54, 1.807) is 38.1 Å². The van der Waals surface area contributed by atoms with Gasteiger partial charge in [-0.25, -0.2) is 19.1 Å². The van der Waals surface area contributed by atoms with Crippen LogP contribution in [0.4, 0.5) is 0 Å². The van der Waals surface area contributed by atoms with Crippen molar-refractivity contribution in [2.75, 3.05) is 0 Å². The number of fused-ring (bicyclic) bond motifs is 2. The van der Waals surface area contributed by atoms with Crippen LogP contribution < -0.4 is 22.2 Å². The molecule has 0 saturated heterocycles. The molecule has 4 heterocycles. The average Bonchev–Trinajstić information content (AvgIpc) is 3.12. The summed E-state index contributed by atoms with van der Waals surface area (Å²) < 4.78 is 1.95. The highest BCUT2D eigenvalue weighted by Crippen LogP contribution is 2.18. The highest BCUT2D eigenvalue weighted by Gasteiger charge is 2.22. The number of pyridine rings is 2. The van der Waals surface area contributed by atoms with Crippen LogP contribution in [0.5, 0.6) is 0 Å². The minimum absolute atomic E-state index is 0.0737. The van der Waals surface area contributed by atoms with Gasteiger partial charge in [0.15, 0.2) is 0 Å². The lowest BCUT2D eigenvalue weighted by Gasteiger charge is -2.02. The van der Waals surface area contributed by atoms with Crippen LogP contribution in [0.1, 0.15) is 11.1 Å². The fourth-order valence-corrected chi connectivity index (χ4v) is 3.78. The normalized spacial score (nSPS) is 11.5. The second-order valence-electron chi connectivity index (χ2n) is 7.12. The Morgan fingerprint density at radius 2 is 0.933 bits per heavy atom. The van der Waals surface area contributed by atoms with Gasteiger partial charge in [0, 0.05) is 12.4 Å². The third kappa shape index (κ3) is 2.27.